The zero-order valence-corrected chi connectivity index (χ0v) is 9.10. The predicted octanol–water partition coefficient (Wildman–Crippen LogP) is 0.931. The Morgan fingerprint density at radius 3 is 2.81 bits per heavy atom. The molecule has 0 aliphatic carbocycles. The fourth-order valence-corrected chi connectivity index (χ4v) is 1.93. The van der Waals surface area contributed by atoms with Gasteiger partial charge in [0.25, 0.3) is 0 Å². The molecule has 1 aromatic carbocycles. The van der Waals surface area contributed by atoms with E-state index in [9.17, 15) is 4.79 Å². The lowest BCUT2D eigenvalue weighted by molar-refractivity contribution is -0.117. The summed E-state index contributed by atoms with van der Waals surface area (Å²) in [5.41, 5.74) is 8.08. The van der Waals surface area contributed by atoms with Crippen LogP contribution in [-0.4, -0.2) is 18.5 Å². The topological polar surface area (TPSA) is 70.1 Å². The maximum atomic E-state index is 11.6. The lowest BCUT2D eigenvalue weighted by atomic mass is 10.1. The van der Waals surface area contributed by atoms with E-state index in [0.717, 1.165) is 11.3 Å². The molecule has 2 N–H and O–H groups in total. The molecular weight excluding hydrogens is 202 g/mol. The molecule has 1 atom stereocenters. The van der Waals surface area contributed by atoms with Gasteiger partial charge in [-0.3, -0.25) is 4.79 Å². The van der Waals surface area contributed by atoms with Crippen LogP contribution in [0, 0.1) is 18.3 Å². The quantitative estimate of drug-likeness (QED) is 0.757. The number of nitriles is 1. The van der Waals surface area contributed by atoms with Crippen LogP contribution in [0.15, 0.2) is 18.2 Å². The molecule has 1 aliphatic heterocycles. The van der Waals surface area contributed by atoms with Crippen molar-refractivity contribution in [1.29, 1.82) is 5.26 Å². The van der Waals surface area contributed by atoms with Crippen molar-refractivity contribution in [3.63, 3.8) is 0 Å². The molecule has 1 saturated heterocycles. The summed E-state index contributed by atoms with van der Waals surface area (Å²) in [6, 6.07) is 7.41. The molecule has 0 radical (unpaired) electrons. The number of nitrogens with zero attached hydrogens (tertiary/aromatic N) is 2. The third kappa shape index (κ3) is 1.77. The standard InChI is InChI=1S/C12H13N3O/c1-8-4-11(3-2-9(8)6-13)15-7-10(14)5-12(15)16/h2-4,10H,5,7,14H2,1H3. The van der Waals surface area contributed by atoms with Gasteiger partial charge in [0.15, 0.2) is 0 Å². The van der Waals surface area contributed by atoms with Crippen molar-refractivity contribution in [2.24, 2.45) is 5.73 Å². The summed E-state index contributed by atoms with van der Waals surface area (Å²) in [5, 5.41) is 8.82. The highest BCUT2D eigenvalue weighted by atomic mass is 16.2. The van der Waals surface area contributed by atoms with Gasteiger partial charge in [-0.1, -0.05) is 0 Å². The Bertz CT molecular complexity index is 476. The van der Waals surface area contributed by atoms with Gasteiger partial charge in [-0.2, -0.15) is 5.26 Å². The first-order chi connectivity index (χ1) is 7.61. The van der Waals surface area contributed by atoms with Gasteiger partial charge in [0.05, 0.1) is 11.6 Å². The summed E-state index contributed by atoms with van der Waals surface area (Å²) in [4.78, 5) is 13.3. The van der Waals surface area contributed by atoms with Crippen molar-refractivity contribution < 1.29 is 4.79 Å². The van der Waals surface area contributed by atoms with Gasteiger partial charge in [0.1, 0.15) is 0 Å². The number of nitrogens with two attached hydrogens (primary N) is 1. The smallest absolute Gasteiger partial charge is 0.228 e. The predicted molar refractivity (Wildman–Crippen MR) is 60.8 cm³/mol. The fraction of sp³-hybridized carbons (Fsp3) is 0.333. The van der Waals surface area contributed by atoms with Crippen molar-refractivity contribution in [1.82, 2.24) is 0 Å². The van der Waals surface area contributed by atoms with E-state index in [1.165, 1.54) is 0 Å². The molecule has 82 valence electrons. The van der Waals surface area contributed by atoms with E-state index in [1.807, 2.05) is 13.0 Å². The lowest BCUT2D eigenvalue weighted by Gasteiger charge is -2.16. The fourth-order valence-electron chi connectivity index (χ4n) is 1.93. The Kier molecular flexibility index (Phi) is 2.63. The van der Waals surface area contributed by atoms with E-state index >= 15 is 0 Å². The summed E-state index contributed by atoms with van der Waals surface area (Å²) in [6.07, 6.45) is 0.402. The monoisotopic (exact) mass is 215 g/mol. The number of rotatable bonds is 1. The summed E-state index contributed by atoms with van der Waals surface area (Å²) in [7, 11) is 0. The minimum absolute atomic E-state index is 0.0524. The molecule has 1 aromatic rings. The minimum atomic E-state index is -0.0801. The van der Waals surface area contributed by atoms with E-state index < -0.39 is 0 Å². The molecule has 4 nitrogen and oxygen atoms in total. The summed E-state index contributed by atoms with van der Waals surface area (Å²) in [5.74, 6) is 0.0524. The Hall–Kier alpha value is -1.86. The number of carbonyl (C=O) groups excluding carboxylic acids is 1. The average Bonchev–Trinajstić information content (AvgIpc) is 2.58. The van der Waals surface area contributed by atoms with Crippen LogP contribution in [0.4, 0.5) is 5.69 Å². The second-order valence-corrected chi connectivity index (χ2v) is 4.08. The average molecular weight is 215 g/mol. The molecule has 2 rings (SSSR count). The molecule has 0 saturated carbocycles. The molecule has 16 heavy (non-hydrogen) atoms. The third-order valence-corrected chi connectivity index (χ3v) is 2.80. The van der Waals surface area contributed by atoms with Crippen LogP contribution in [0.25, 0.3) is 0 Å². The molecule has 1 fully saturated rings. The highest BCUT2D eigenvalue weighted by Gasteiger charge is 2.28. The first kappa shape index (κ1) is 10.7. The third-order valence-electron chi connectivity index (χ3n) is 2.80. The van der Waals surface area contributed by atoms with Crippen LogP contribution >= 0.6 is 0 Å². The zero-order chi connectivity index (χ0) is 11.7. The highest BCUT2D eigenvalue weighted by Crippen LogP contribution is 2.23. The van der Waals surface area contributed by atoms with E-state index in [0.29, 0.717) is 18.5 Å². The number of benzene rings is 1. The summed E-state index contributed by atoms with van der Waals surface area (Å²) in [6.45, 7) is 2.42. The Morgan fingerprint density at radius 2 is 2.31 bits per heavy atom. The van der Waals surface area contributed by atoms with Crippen molar-refractivity contribution in [3.8, 4) is 6.07 Å². The van der Waals surface area contributed by atoms with Crippen molar-refractivity contribution in [2.75, 3.05) is 11.4 Å². The molecule has 1 aliphatic rings. The van der Waals surface area contributed by atoms with E-state index in [1.54, 1.807) is 17.0 Å². The molecule has 0 aromatic heterocycles. The first-order valence-electron chi connectivity index (χ1n) is 5.18. The lowest BCUT2D eigenvalue weighted by Crippen LogP contribution is -2.27. The molecular formula is C12H13N3O. The van der Waals surface area contributed by atoms with E-state index in [2.05, 4.69) is 6.07 Å². The molecule has 0 spiro atoms. The Morgan fingerprint density at radius 1 is 1.56 bits per heavy atom. The van der Waals surface area contributed by atoms with Crippen molar-refractivity contribution >= 4 is 11.6 Å². The number of aryl methyl sites for hydroxylation is 1. The van der Waals surface area contributed by atoms with Gasteiger partial charge in [-0.25, -0.2) is 0 Å². The van der Waals surface area contributed by atoms with Crippen LogP contribution in [-0.2, 0) is 4.79 Å². The second kappa shape index (κ2) is 3.95. The van der Waals surface area contributed by atoms with Crippen LogP contribution in [0.1, 0.15) is 17.5 Å². The van der Waals surface area contributed by atoms with Crippen LogP contribution < -0.4 is 10.6 Å². The zero-order valence-electron chi connectivity index (χ0n) is 9.10. The van der Waals surface area contributed by atoms with Gasteiger partial charge >= 0.3 is 0 Å². The molecule has 1 unspecified atom stereocenters. The molecule has 1 heterocycles. The SMILES string of the molecule is Cc1cc(N2CC(N)CC2=O)ccc1C#N. The normalized spacial score (nSPS) is 19.9. The van der Waals surface area contributed by atoms with Crippen LogP contribution in [0.2, 0.25) is 0 Å². The number of carbonyl (C=O) groups is 1. The summed E-state index contributed by atoms with van der Waals surface area (Å²) >= 11 is 0. The number of amides is 1. The highest BCUT2D eigenvalue weighted by molar-refractivity contribution is 5.96. The van der Waals surface area contributed by atoms with Crippen LogP contribution in [0.5, 0.6) is 0 Å². The van der Waals surface area contributed by atoms with Gasteiger partial charge in [-0.15, -0.1) is 0 Å². The van der Waals surface area contributed by atoms with Gasteiger partial charge in [0.2, 0.25) is 5.91 Å². The number of hydrogen-bond donors (Lipinski definition) is 1. The van der Waals surface area contributed by atoms with Gasteiger partial charge < -0.3 is 10.6 Å². The number of anilines is 1. The second-order valence-electron chi connectivity index (χ2n) is 4.08. The number of hydrogen-bond acceptors (Lipinski definition) is 3. The Balaban J connectivity index is 2.32. The Labute approximate surface area is 94.3 Å². The summed E-state index contributed by atoms with van der Waals surface area (Å²) < 4.78 is 0. The maximum absolute atomic E-state index is 11.6. The van der Waals surface area contributed by atoms with Gasteiger partial charge in [0, 0.05) is 24.7 Å². The van der Waals surface area contributed by atoms with Crippen molar-refractivity contribution in [2.45, 2.75) is 19.4 Å². The van der Waals surface area contributed by atoms with Crippen LogP contribution in [0.3, 0.4) is 0 Å². The van der Waals surface area contributed by atoms with Gasteiger partial charge in [-0.05, 0) is 30.7 Å². The maximum Gasteiger partial charge on any atom is 0.228 e. The first-order valence-corrected chi connectivity index (χ1v) is 5.18. The molecule has 0 bridgehead atoms. The van der Waals surface area contributed by atoms with Crippen molar-refractivity contribution in [3.05, 3.63) is 29.3 Å². The largest absolute Gasteiger partial charge is 0.326 e. The minimum Gasteiger partial charge on any atom is -0.326 e. The molecule has 1 amide bonds. The molecule has 4 heteroatoms. The van der Waals surface area contributed by atoms with E-state index in [-0.39, 0.29) is 11.9 Å². The van der Waals surface area contributed by atoms with E-state index in [4.69, 9.17) is 11.0 Å².